The van der Waals surface area contributed by atoms with E-state index in [-0.39, 0.29) is 0 Å². The fraction of sp³-hybridized carbons (Fsp3) is 0.143. The molecule has 2 rings (SSSR count). The van der Waals surface area contributed by atoms with Crippen LogP contribution >= 0.6 is 23.2 Å². The van der Waals surface area contributed by atoms with Crippen LogP contribution in [-0.2, 0) is 16.6 Å². The first-order valence-electron chi connectivity index (χ1n) is 5.77. The van der Waals surface area contributed by atoms with Crippen molar-refractivity contribution in [3.05, 3.63) is 52.0 Å². The molecule has 0 spiro atoms. The van der Waals surface area contributed by atoms with Crippen LogP contribution in [0.15, 0.2) is 41.3 Å². The number of benzene rings is 2. The Balaban J connectivity index is 2.27. The van der Waals surface area contributed by atoms with Crippen molar-refractivity contribution in [2.24, 2.45) is 0 Å². The average Bonchev–Trinajstić information content (AvgIpc) is 2.42. The molecule has 2 aromatic carbocycles. The number of anilines is 1. The smallest absolute Gasteiger partial charge is 0.123 e. The predicted molar refractivity (Wildman–Crippen MR) is 84.0 cm³/mol. The second-order valence-corrected chi connectivity index (χ2v) is 6.40. The number of hydrogen-bond acceptors (Lipinski definition) is 3. The molecule has 0 saturated heterocycles. The van der Waals surface area contributed by atoms with E-state index in [0.29, 0.717) is 32.1 Å². The van der Waals surface area contributed by atoms with Gasteiger partial charge in [-0.25, -0.2) is 0 Å². The highest BCUT2D eigenvalue weighted by molar-refractivity contribution is 7.84. The molecule has 1 unspecified atom stereocenters. The zero-order valence-electron chi connectivity index (χ0n) is 10.7. The summed E-state index contributed by atoms with van der Waals surface area (Å²) in [6.07, 6.45) is 0. The van der Waals surface area contributed by atoms with Crippen molar-refractivity contribution in [1.29, 1.82) is 0 Å². The van der Waals surface area contributed by atoms with Crippen LogP contribution in [0, 0.1) is 0 Å². The minimum Gasteiger partial charge on any atom is -0.496 e. The third-order valence-corrected chi connectivity index (χ3v) is 4.84. The van der Waals surface area contributed by atoms with E-state index in [9.17, 15) is 4.21 Å². The first-order valence-corrected chi connectivity index (χ1v) is 7.84. The molecule has 0 aliphatic heterocycles. The van der Waals surface area contributed by atoms with Gasteiger partial charge in [0.2, 0.25) is 0 Å². The lowest BCUT2D eigenvalue weighted by molar-refractivity contribution is 0.411. The molecule has 0 radical (unpaired) electrons. The van der Waals surface area contributed by atoms with Crippen LogP contribution in [0.4, 0.5) is 5.69 Å². The van der Waals surface area contributed by atoms with Gasteiger partial charge in [0.1, 0.15) is 5.75 Å². The minimum atomic E-state index is -1.25. The highest BCUT2D eigenvalue weighted by Gasteiger charge is 2.11. The monoisotopic (exact) mass is 329 g/mol. The summed E-state index contributed by atoms with van der Waals surface area (Å²) < 4.78 is 17.6. The quantitative estimate of drug-likeness (QED) is 0.865. The van der Waals surface area contributed by atoms with Crippen molar-refractivity contribution in [3.63, 3.8) is 0 Å². The molecule has 0 saturated carbocycles. The molecule has 0 heterocycles. The molecule has 3 nitrogen and oxygen atoms in total. The van der Waals surface area contributed by atoms with Crippen LogP contribution in [0.3, 0.4) is 0 Å². The highest BCUT2D eigenvalue weighted by Crippen LogP contribution is 2.27. The van der Waals surface area contributed by atoms with Gasteiger partial charge in [0.05, 0.1) is 33.7 Å². The summed E-state index contributed by atoms with van der Waals surface area (Å²) in [5.74, 6) is 0.958. The van der Waals surface area contributed by atoms with Gasteiger partial charge in [-0.1, -0.05) is 23.2 Å². The molecule has 6 heteroatoms. The number of nitrogen functional groups attached to an aromatic ring is 1. The molecule has 0 bridgehead atoms. The maximum atomic E-state index is 12.4. The van der Waals surface area contributed by atoms with Crippen molar-refractivity contribution in [1.82, 2.24) is 0 Å². The number of rotatable bonds is 4. The molecular formula is C14H13Cl2NO2S. The van der Waals surface area contributed by atoms with Crippen molar-refractivity contribution < 1.29 is 8.95 Å². The summed E-state index contributed by atoms with van der Waals surface area (Å²) in [6, 6.07) is 10.2. The summed E-state index contributed by atoms with van der Waals surface area (Å²) in [5, 5.41) is 0.825. The Bertz CT molecular complexity index is 662. The van der Waals surface area contributed by atoms with Crippen molar-refractivity contribution in [2.45, 2.75) is 10.6 Å². The maximum Gasteiger partial charge on any atom is 0.123 e. The Morgan fingerprint density at radius 1 is 1.15 bits per heavy atom. The molecule has 106 valence electrons. The van der Waals surface area contributed by atoms with Gasteiger partial charge >= 0.3 is 0 Å². The first-order chi connectivity index (χ1) is 9.51. The largest absolute Gasteiger partial charge is 0.496 e. The fourth-order valence-corrected chi connectivity index (χ4v) is 3.26. The summed E-state index contributed by atoms with van der Waals surface area (Å²) in [4.78, 5) is 0.615. The minimum absolute atomic E-state index is 0.298. The van der Waals surface area contributed by atoms with Crippen LogP contribution < -0.4 is 10.5 Å². The van der Waals surface area contributed by atoms with Crippen LogP contribution in [0.25, 0.3) is 0 Å². The van der Waals surface area contributed by atoms with Gasteiger partial charge in [0, 0.05) is 16.1 Å². The van der Waals surface area contributed by atoms with E-state index in [1.54, 1.807) is 43.5 Å². The molecule has 20 heavy (non-hydrogen) atoms. The lowest BCUT2D eigenvalue weighted by Gasteiger charge is -2.09. The number of halogens is 2. The highest BCUT2D eigenvalue weighted by atomic mass is 35.5. The molecule has 2 N–H and O–H groups in total. The summed E-state index contributed by atoms with van der Waals surface area (Å²) in [6.45, 7) is 0. The Kier molecular flexibility index (Phi) is 4.91. The van der Waals surface area contributed by atoms with Crippen LogP contribution in [0.1, 0.15) is 5.56 Å². The molecule has 0 fully saturated rings. The molecule has 2 aromatic rings. The van der Waals surface area contributed by atoms with E-state index in [4.69, 9.17) is 33.7 Å². The predicted octanol–water partition coefficient (Wildman–Crippen LogP) is 3.89. The van der Waals surface area contributed by atoms with Crippen molar-refractivity contribution in [2.75, 3.05) is 12.8 Å². The maximum absolute atomic E-state index is 12.4. The third-order valence-electron chi connectivity index (χ3n) is 2.75. The van der Waals surface area contributed by atoms with E-state index in [1.165, 1.54) is 0 Å². The standard InChI is InChI=1S/C14H13Cl2NO2S/c1-19-14-5-2-10(17)6-9(14)8-20(18)11-3-4-12(15)13(16)7-11/h2-7H,8,17H2,1H3. The number of hydrogen-bond donors (Lipinski definition) is 1. The SMILES string of the molecule is COc1ccc(N)cc1CS(=O)c1ccc(Cl)c(Cl)c1. The molecular weight excluding hydrogens is 317 g/mol. The summed E-state index contributed by atoms with van der Waals surface area (Å²) in [5.41, 5.74) is 7.14. The second kappa shape index (κ2) is 6.48. The number of nitrogens with two attached hydrogens (primary N) is 1. The number of methoxy groups -OCH3 is 1. The zero-order chi connectivity index (χ0) is 14.7. The van der Waals surface area contributed by atoms with E-state index in [2.05, 4.69) is 0 Å². The lowest BCUT2D eigenvalue weighted by atomic mass is 10.2. The van der Waals surface area contributed by atoms with Crippen LogP contribution in [-0.4, -0.2) is 11.3 Å². The molecule has 0 aliphatic rings. The van der Waals surface area contributed by atoms with E-state index in [1.807, 2.05) is 0 Å². The van der Waals surface area contributed by atoms with Gasteiger partial charge in [-0.15, -0.1) is 0 Å². The van der Waals surface area contributed by atoms with Gasteiger partial charge in [-0.05, 0) is 36.4 Å². The zero-order valence-corrected chi connectivity index (χ0v) is 13.1. The average molecular weight is 330 g/mol. The molecule has 0 amide bonds. The Morgan fingerprint density at radius 3 is 2.55 bits per heavy atom. The van der Waals surface area contributed by atoms with Crippen LogP contribution in [0.5, 0.6) is 5.75 Å². The molecule has 1 atom stereocenters. The van der Waals surface area contributed by atoms with Crippen molar-refractivity contribution in [3.8, 4) is 5.75 Å². The Morgan fingerprint density at radius 2 is 1.90 bits per heavy atom. The van der Waals surface area contributed by atoms with Gasteiger partial charge < -0.3 is 10.5 Å². The lowest BCUT2D eigenvalue weighted by Crippen LogP contribution is -2.00. The summed E-state index contributed by atoms with van der Waals surface area (Å²) in [7, 11) is 0.315. The van der Waals surface area contributed by atoms with Gasteiger partial charge in [0.15, 0.2) is 0 Å². The van der Waals surface area contributed by atoms with Crippen LogP contribution in [0.2, 0.25) is 10.0 Å². The number of ether oxygens (including phenoxy) is 1. The summed E-state index contributed by atoms with van der Waals surface area (Å²) >= 11 is 11.8. The van der Waals surface area contributed by atoms with Gasteiger partial charge in [-0.3, -0.25) is 4.21 Å². The van der Waals surface area contributed by atoms with E-state index >= 15 is 0 Å². The van der Waals surface area contributed by atoms with E-state index in [0.717, 1.165) is 5.56 Å². The van der Waals surface area contributed by atoms with E-state index < -0.39 is 10.8 Å². The molecule has 0 aromatic heterocycles. The Labute approximate surface area is 130 Å². The van der Waals surface area contributed by atoms with Gasteiger partial charge in [-0.2, -0.15) is 0 Å². The topological polar surface area (TPSA) is 52.3 Å². The Hall–Kier alpha value is -1.23. The third kappa shape index (κ3) is 3.45. The normalized spacial score (nSPS) is 12.2. The molecule has 0 aliphatic carbocycles. The first kappa shape index (κ1) is 15.2. The van der Waals surface area contributed by atoms with Crippen molar-refractivity contribution >= 4 is 39.7 Å². The fourth-order valence-electron chi connectivity index (χ4n) is 1.75. The van der Waals surface area contributed by atoms with Gasteiger partial charge in [0.25, 0.3) is 0 Å². The second-order valence-electron chi connectivity index (χ2n) is 4.14.